The molecule has 22 heavy (non-hydrogen) atoms. The van der Waals surface area contributed by atoms with E-state index in [2.05, 4.69) is 23.1 Å². The molecule has 1 aromatic rings. The number of benzene rings is 1. The molecule has 1 fully saturated rings. The van der Waals surface area contributed by atoms with Gasteiger partial charge in [-0.1, -0.05) is 18.2 Å². The van der Waals surface area contributed by atoms with Crippen molar-refractivity contribution >= 4 is 5.91 Å². The third-order valence-electron chi connectivity index (χ3n) is 4.82. The summed E-state index contributed by atoms with van der Waals surface area (Å²) in [6.07, 6.45) is 3.30. The minimum Gasteiger partial charge on any atom is -0.493 e. The maximum Gasteiger partial charge on any atom is 0.219 e. The van der Waals surface area contributed by atoms with Crippen molar-refractivity contribution in [1.82, 2.24) is 9.80 Å². The first kappa shape index (κ1) is 15.3. The highest BCUT2D eigenvalue weighted by molar-refractivity contribution is 5.73. The van der Waals surface area contributed by atoms with E-state index in [4.69, 9.17) is 4.74 Å². The number of hydrogen-bond acceptors (Lipinski definition) is 3. The van der Waals surface area contributed by atoms with Gasteiger partial charge in [-0.2, -0.15) is 0 Å². The smallest absolute Gasteiger partial charge is 0.219 e. The molecule has 1 aromatic carbocycles. The van der Waals surface area contributed by atoms with Gasteiger partial charge < -0.3 is 14.5 Å². The second-order valence-electron chi connectivity index (χ2n) is 6.48. The zero-order valence-electron chi connectivity index (χ0n) is 13.5. The van der Waals surface area contributed by atoms with E-state index >= 15 is 0 Å². The maximum atomic E-state index is 11.5. The van der Waals surface area contributed by atoms with Crippen LogP contribution in [0.4, 0.5) is 0 Å². The summed E-state index contributed by atoms with van der Waals surface area (Å²) in [6.45, 7) is 7.48. The monoisotopic (exact) mass is 302 g/mol. The van der Waals surface area contributed by atoms with Crippen LogP contribution in [0.5, 0.6) is 5.75 Å². The molecular formula is C18H26N2O2. The van der Waals surface area contributed by atoms with E-state index in [0.29, 0.717) is 5.92 Å². The molecule has 4 nitrogen and oxygen atoms in total. The quantitative estimate of drug-likeness (QED) is 0.839. The van der Waals surface area contributed by atoms with E-state index < -0.39 is 0 Å². The summed E-state index contributed by atoms with van der Waals surface area (Å²) >= 11 is 0. The summed E-state index contributed by atoms with van der Waals surface area (Å²) in [7, 11) is 0. The van der Waals surface area contributed by atoms with Crippen molar-refractivity contribution in [3.05, 3.63) is 29.8 Å². The van der Waals surface area contributed by atoms with Gasteiger partial charge in [0.1, 0.15) is 5.75 Å². The van der Waals surface area contributed by atoms with Crippen molar-refractivity contribution in [2.24, 2.45) is 5.92 Å². The van der Waals surface area contributed by atoms with Crippen LogP contribution in [0.15, 0.2) is 24.3 Å². The Balaban J connectivity index is 1.58. The predicted molar refractivity (Wildman–Crippen MR) is 87.1 cm³/mol. The lowest BCUT2D eigenvalue weighted by atomic mass is 9.96. The second kappa shape index (κ2) is 7.14. The Hall–Kier alpha value is -1.55. The van der Waals surface area contributed by atoms with Gasteiger partial charge in [0, 0.05) is 33.1 Å². The standard InChI is InChI=1S/C18H26N2O2/c1-15(21)20-9-4-8-19(10-11-20)14-16-7-12-22-18-6-3-2-5-17(18)13-16/h2-3,5-6,16H,4,7-14H2,1H3. The molecule has 1 atom stereocenters. The molecule has 1 amide bonds. The average molecular weight is 302 g/mol. The molecule has 1 unspecified atom stereocenters. The lowest BCUT2D eigenvalue weighted by molar-refractivity contribution is -0.128. The molecule has 0 aromatic heterocycles. The lowest BCUT2D eigenvalue weighted by Crippen LogP contribution is -2.36. The molecule has 0 bridgehead atoms. The number of fused-ring (bicyclic) bond motifs is 1. The number of carbonyl (C=O) groups excluding carboxylic acids is 1. The van der Waals surface area contributed by atoms with E-state index in [-0.39, 0.29) is 5.91 Å². The SMILES string of the molecule is CC(=O)N1CCCN(CC2CCOc3ccccc3C2)CC1. The van der Waals surface area contributed by atoms with Gasteiger partial charge in [0.25, 0.3) is 0 Å². The molecule has 3 rings (SSSR count). The Morgan fingerprint density at radius 3 is 2.95 bits per heavy atom. The zero-order chi connectivity index (χ0) is 15.4. The summed E-state index contributed by atoms with van der Waals surface area (Å²) in [5.41, 5.74) is 1.34. The highest BCUT2D eigenvalue weighted by atomic mass is 16.5. The molecule has 0 N–H and O–H groups in total. The fraction of sp³-hybridized carbons (Fsp3) is 0.611. The van der Waals surface area contributed by atoms with Crippen LogP contribution in [0.2, 0.25) is 0 Å². The highest BCUT2D eigenvalue weighted by Crippen LogP contribution is 2.27. The molecule has 2 aliphatic rings. The van der Waals surface area contributed by atoms with Gasteiger partial charge in [-0.15, -0.1) is 0 Å². The third-order valence-corrected chi connectivity index (χ3v) is 4.82. The number of para-hydroxylation sites is 1. The average Bonchev–Trinajstić information content (AvgIpc) is 2.85. The lowest BCUT2D eigenvalue weighted by Gasteiger charge is -2.25. The summed E-state index contributed by atoms with van der Waals surface area (Å²) in [5.74, 6) is 1.91. The number of carbonyl (C=O) groups is 1. The molecule has 0 saturated carbocycles. The molecule has 4 heteroatoms. The number of hydrogen-bond donors (Lipinski definition) is 0. The largest absolute Gasteiger partial charge is 0.493 e. The van der Waals surface area contributed by atoms with Crippen molar-refractivity contribution in [1.29, 1.82) is 0 Å². The van der Waals surface area contributed by atoms with Crippen molar-refractivity contribution in [2.75, 3.05) is 39.3 Å². The van der Waals surface area contributed by atoms with Gasteiger partial charge in [-0.3, -0.25) is 4.79 Å². The summed E-state index contributed by atoms with van der Waals surface area (Å²) < 4.78 is 5.87. The van der Waals surface area contributed by atoms with E-state index in [1.165, 1.54) is 5.56 Å². The minimum absolute atomic E-state index is 0.207. The minimum atomic E-state index is 0.207. The van der Waals surface area contributed by atoms with Crippen molar-refractivity contribution in [2.45, 2.75) is 26.2 Å². The van der Waals surface area contributed by atoms with Crippen molar-refractivity contribution in [3.8, 4) is 5.75 Å². The topological polar surface area (TPSA) is 32.8 Å². The van der Waals surface area contributed by atoms with Gasteiger partial charge in [0.15, 0.2) is 0 Å². The Kier molecular flexibility index (Phi) is 4.98. The Bertz CT molecular complexity index is 518. The van der Waals surface area contributed by atoms with Crippen molar-refractivity contribution in [3.63, 3.8) is 0 Å². The molecule has 1 saturated heterocycles. The predicted octanol–water partition coefficient (Wildman–Crippen LogP) is 2.18. The molecule has 2 aliphatic heterocycles. The van der Waals surface area contributed by atoms with E-state index in [1.54, 1.807) is 6.92 Å². The molecule has 0 radical (unpaired) electrons. The van der Waals surface area contributed by atoms with E-state index in [9.17, 15) is 4.79 Å². The molecule has 0 spiro atoms. The van der Waals surface area contributed by atoms with Crippen LogP contribution in [0.1, 0.15) is 25.3 Å². The Morgan fingerprint density at radius 2 is 2.09 bits per heavy atom. The number of amides is 1. The maximum absolute atomic E-state index is 11.5. The first-order valence-corrected chi connectivity index (χ1v) is 8.41. The van der Waals surface area contributed by atoms with Gasteiger partial charge in [0.05, 0.1) is 6.61 Å². The molecular weight excluding hydrogens is 276 g/mol. The fourth-order valence-corrected chi connectivity index (χ4v) is 3.55. The molecule has 120 valence electrons. The van der Waals surface area contributed by atoms with Crippen LogP contribution in [0.3, 0.4) is 0 Å². The summed E-state index contributed by atoms with van der Waals surface area (Å²) in [4.78, 5) is 16.0. The van der Waals surface area contributed by atoms with Crippen LogP contribution in [0, 0.1) is 5.92 Å². The van der Waals surface area contributed by atoms with Crippen LogP contribution in [-0.2, 0) is 11.2 Å². The molecule has 2 heterocycles. The third kappa shape index (κ3) is 3.80. The normalized spacial score (nSPS) is 23.1. The van der Waals surface area contributed by atoms with Crippen LogP contribution in [0.25, 0.3) is 0 Å². The zero-order valence-corrected chi connectivity index (χ0v) is 13.5. The fourth-order valence-electron chi connectivity index (χ4n) is 3.55. The van der Waals surface area contributed by atoms with E-state index in [1.807, 2.05) is 11.0 Å². The van der Waals surface area contributed by atoms with Gasteiger partial charge >= 0.3 is 0 Å². The Labute approximate surface area is 133 Å². The van der Waals surface area contributed by atoms with Crippen LogP contribution >= 0.6 is 0 Å². The first-order valence-electron chi connectivity index (χ1n) is 8.41. The molecule has 0 aliphatic carbocycles. The summed E-state index contributed by atoms with van der Waals surface area (Å²) in [6, 6.07) is 8.41. The first-order chi connectivity index (χ1) is 10.7. The van der Waals surface area contributed by atoms with Gasteiger partial charge in [0.2, 0.25) is 5.91 Å². The second-order valence-corrected chi connectivity index (χ2v) is 6.48. The van der Waals surface area contributed by atoms with Gasteiger partial charge in [-0.05, 0) is 43.4 Å². The number of rotatable bonds is 2. The van der Waals surface area contributed by atoms with Crippen LogP contribution in [-0.4, -0.2) is 55.0 Å². The van der Waals surface area contributed by atoms with E-state index in [0.717, 1.165) is 64.3 Å². The van der Waals surface area contributed by atoms with Crippen LogP contribution < -0.4 is 4.74 Å². The Morgan fingerprint density at radius 1 is 1.23 bits per heavy atom. The summed E-state index contributed by atoms with van der Waals surface area (Å²) in [5, 5.41) is 0. The van der Waals surface area contributed by atoms with Crippen molar-refractivity contribution < 1.29 is 9.53 Å². The number of nitrogens with zero attached hydrogens (tertiary/aromatic N) is 2. The highest BCUT2D eigenvalue weighted by Gasteiger charge is 2.22. The van der Waals surface area contributed by atoms with Gasteiger partial charge in [-0.25, -0.2) is 0 Å². The number of ether oxygens (including phenoxy) is 1.